The summed E-state index contributed by atoms with van der Waals surface area (Å²) in [5.41, 5.74) is 2.52. The molecule has 31 heavy (non-hydrogen) atoms. The van der Waals surface area contributed by atoms with Crippen molar-refractivity contribution in [3.05, 3.63) is 97.7 Å². The van der Waals surface area contributed by atoms with Crippen molar-refractivity contribution in [3.63, 3.8) is 0 Å². The molecule has 0 radical (unpaired) electrons. The van der Waals surface area contributed by atoms with Crippen LogP contribution in [-0.2, 0) is 6.61 Å². The van der Waals surface area contributed by atoms with Gasteiger partial charge in [-0.1, -0.05) is 77.3 Å². The van der Waals surface area contributed by atoms with E-state index >= 15 is 0 Å². The first-order chi connectivity index (χ1) is 15.0. The van der Waals surface area contributed by atoms with Gasteiger partial charge in [0.05, 0.1) is 16.3 Å². The van der Waals surface area contributed by atoms with Crippen molar-refractivity contribution in [2.24, 2.45) is 5.10 Å². The number of aromatic nitrogens is 3. The number of H-pyrrole nitrogens is 1. The van der Waals surface area contributed by atoms with Gasteiger partial charge in [-0.05, 0) is 47.6 Å². The zero-order valence-corrected chi connectivity index (χ0v) is 19.0. The van der Waals surface area contributed by atoms with E-state index in [1.54, 1.807) is 30.5 Å². The number of aromatic amines is 1. The van der Waals surface area contributed by atoms with Crippen LogP contribution in [0, 0.1) is 4.77 Å². The van der Waals surface area contributed by atoms with Gasteiger partial charge in [-0.25, -0.2) is 5.10 Å². The summed E-state index contributed by atoms with van der Waals surface area (Å²) in [6.07, 6.45) is 1.61. The Balaban J connectivity index is 1.55. The third-order valence-corrected chi connectivity index (χ3v) is 5.40. The molecule has 9 heteroatoms. The summed E-state index contributed by atoms with van der Waals surface area (Å²) in [4.78, 5) is 0. The van der Waals surface area contributed by atoms with E-state index in [-0.39, 0.29) is 0 Å². The van der Waals surface area contributed by atoms with Crippen LogP contribution < -0.4 is 4.74 Å². The van der Waals surface area contributed by atoms with Gasteiger partial charge in [0.1, 0.15) is 6.61 Å². The number of nitrogens with zero attached hydrogens (tertiary/aromatic N) is 3. The maximum atomic E-state index is 6.41. The van der Waals surface area contributed by atoms with Crippen LogP contribution in [0.4, 0.5) is 0 Å². The third kappa shape index (κ3) is 5.17. The quantitative estimate of drug-likeness (QED) is 0.234. The first kappa shape index (κ1) is 21.6. The topological polar surface area (TPSA) is 55.2 Å². The lowest BCUT2D eigenvalue weighted by atomic mass is 10.2. The first-order valence-corrected chi connectivity index (χ1v) is 10.7. The molecule has 0 saturated carbocycles. The molecule has 3 aromatic carbocycles. The van der Waals surface area contributed by atoms with Crippen molar-refractivity contribution in [1.82, 2.24) is 14.9 Å². The normalized spacial score (nSPS) is 11.2. The molecule has 0 atom stereocenters. The summed E-state index contributed by atoms with van der Waals surface area (Å²) in [7, 11) is 0. The highest BCUT2D eigenvalue weighted by Gasteiger charge is 2.11. The molecule has 0 fully saturated rings. The van der Waals surface area contributed by atoms with Crippen molar-refractivity contribution in [2.45, 2.75) is 6.61 Å². The Hall–Kier alpha value is -2.64. The van der Waals surface area contributed by atoms with Gasteiger partial charge in [0.25, 0.3) is 0 Å². The molecule has 0 aliphatic rings. The number of ether oxygens (including phenoxy) is 1. The van der Waals surface area contributed by atoms with E-state index in [1.165, 1.54) is 4.68 Å². The summed E-state index contributed by atoms with van der Waals surface area (Å²) in [5.74, 6) is 1.00. The van der Waals surface area contributed by atoms with Gasteiger partial charge in [-0.15, -0.1) is 0 Å². The molecule has 4 rings (SSSR count). The minimum absolute atomic E-state index is 0.314. The third-order valence-electron chi connectivity index (χ3n) is 4.32. The lowest BCUT2D eigenvalue weighted by molar-refractivity contribution is 0.306. The molecule has 1 aromatic heterocycles. The Morgan fingerprint density at radius 1 is 1.00 bits per heavy atom. The van der Waals surface area contributed by atoms with E-state index in [2.05, 4.69) is 15.3 Å². The van der Waals surface area contributed by atoms with Gasteiger partial charge < -0.3 is 4.74 Å². The monoisotopic (exact) mass is 488 g/mol. The maximum absolute atomic E-state index is 6.41. The van der Waals surface area contributed by atoms with Gasteiger partial charge in [0.15, 0.2) is 11.6 Å². The fourth-order valence-corrected chi connectivity index (χ4v) is 3.74. The lowest BCUT2D eigenvalue weighted by Crippen LogP contribution is -1.98. The van der Waals surface area contributed by atoms with Crippen molar-refractivity contribution in [1.29, 1.82) is 0 Å². The lowest BCUT2D eigenvalue weighted by Gasteiger charge is -2.11. The average Bonchev–Trinajstić information content (AvgIpc) is 3.14. The summed E-state index contributed by atoms with van der Waals surface area (Å²) in [6.45, 7) is 0.314. The molecule has 1 heterocycles. The molecule has 0 saturated heterocycles. The minimum Gasteiger partial charge on any atom is -0.486 e. The smallest absolute Gasteiger partial charge is 0.216 e. The number of hydrogen-bond donors (Lipinski definition) is 1. The Morgan fingerprint density at radius 2 is 1.68 bits per heavy atom. The fraction of sp³-hybridized carbons (Fsp3) is 0.0455. The maximum Gasteiger partial charge on any atom is 0.216 e. The highest BCUT2D eigenvalue weighted by atomic mass is 35.5. The molecule has 156 valence electrons. The Labute approximate surface area is 198 Å². The fourth-order valence-electron chi connectivity index (χ4n) is 2.83. The van der Waals surface area contributed by atoms with Crippen LogP contribution in [0.3, 0.4) is 0 Å². The van der Waals surface area contributed by atoms with Gasteiger partial charge in [0, 0.05) is 10.6 Å². The molecule has 0 unspecified atom stereocenters. The standard InChI is InChI=1S/C22H15Cl3N4OS/c23-17-8-6-14(7-9-17)13-30-20-18(24)10-15(11-19(20)25)12-26-29-21(27-28-22(29)31)16-4-2-1-3-5-16/h1-12H,13H2,(H,28,31)/b26-12-. The van der Waals surface area contributed by atoms with Gasteiger partial charge in [0.2, 0.25) is 4.77 Å². The van der Waals surface area contributed by atoms with E-state index in [1.807, 2.05) is 42.5 Å². The van der Waals surface area contributed by atoms with Crippen LogP contribution in [0.15, 0.2) is 71.8 Å². The molecule has 0 aliphatic carbocycles. The highest BCUT2D eigenvalue weighted by Crippen LogP contribution is 2.34. The van der Waals surface area contributed by atoms with E-state index in [0.29, 0.717) is 43.6 Å². The van der Waals surface area contributed by atoms with Crippen LogP contribution in [0.1, 0.15) is 11.1 Å². The van der Waals surface area contributed by atoms with Crippen molar-refractivity contribution in [3.8, 4) is 17.1 Å². The van der Waals surface area contributed by atoms with Crippen LogP contribution in [0.25, 0.3) is 11.4 Å². The zero-order valence-electron chi connectivity index (χ0n) is 15.9. The molecule has 0 amide bonds. The van der Waals surface area contributed by atoms with E-state index < -0.39 is 0 Å². The number of nitrogens with one attached hydrogen (secondary N) is 1. The molecular weight excluding hydrogens is 475 g/mol. The second-order valence-electron chi connectivity index (χ2n) is 6.50. The van der Waals surface area contributed by atoms with Crippen LogP contribution in [0.2, 0.25) is 15.1 Å². The molecular formula is C22H15Cl3N4OS. The molecule has 0 aliphatic heterocycles. The summed E-state index contributed by atoms with van der Waals surface area (Å²) in [5, 5.41) is 12.9. The predicted octanol–water partition coefficient (Wildman–Crippen LogP) is 7.03. The molecule has 4 aromatic rings. The van der Waals surface area contributed by atoms with Gasteiger partial charge in [-0.2, -0.15) is 14.9 Å². The number of benzene rings is 3. The van der Waals surface area contributed by atoms with Crippen molar-refractivity contribution >= 4 is 53.2 Å². The number of halogens is 3. The molecule has 0 bridgehead atoms. The van der Waals surface area contributed by atoms with Crippen molar-refractivity contribution < 1.29 is 4.74 Å². The highest BCUT2D eigenvalue weighted by molar-refractivity contribution is 7.71. The van der Waals surface area contributed by atoms with Crippen LogP contribution in [-0.4, -0.2) is 21.1 Å². The SMILES string of the molecule is S=c1[nH]nc(-c2ccccc2)n1/N=C\c1cc(Cl)c(OCc2ccc(Cl)cc2)c(Cl)c1. The Bertz CT molecular complexity index is 1260. The van der Waals surface area contributed by atoms with Gasteiger partial charge >= 0.3 is 0 Å². The van der Waals surface area contributed by atoms with Crippen molar-refractivity contribution in [2.75, 3.05) is 0 Å². The molecule has 0 spiro atoms. The Morgan fingerprint density at radius 3 is 2.35 bits per heavy atom. The summed E-state index contributed by atoms with van der Waals surface area (Å²) in [6, 6.07) is 20.4. The number of hydrogen-bond acceptors (Lipinski definition) is 4. The second kappa shape index (κ2) is 9.66. The zero-order chi connectivity index (χ0) is 21.8. The van der Waals surface area contributed by atoms with Gasteiger partial charge in [-0.3, -0.25) is 0 Å². The largest absolute Gasteiger partial charge is 0.486 e. The predicted molar refractivity (Wildman–Crippen MR) is 128 cm³/mol. The van der Waals surface area contributed by atoms with Crippen LogP contribution in [0.5, 0.6) is 5.75 Å². The first-order valence-electron chi connectivity index (χ1n) is 9.15. The molecule has 5 nitrogen and oxygen atoms in total. The van der Waals surface area contributed by atoms with E-state index in [9.17, 15) is 0 Å². The second-order valence-corrected chi connectivity index (χ2v) is 8.14. The number of rotatable bonds is 6. The molecule has 1 N–H and O–H groups in total. The minimum atomic E-state index is 0.314. The van der Waals surface area contributed by atoms with Crippen LogP contribution >= 0.6 is 47.0 Å². The summed E-state index contributed by atoms with van der Waals surface area (Å²) >= 11 is 24.0. The average molecular weight is 490 g/mol. The van der Waals surface area contributed by atoms with E-state index in [0.717, 1.165) is 11.1 Å². The Kier molecular flexibility index (Phi) is 6.73. The van der Waals surface area contributed by atoms with E-state index in [4.69, 9.17) is 51.8 Å². The summed E-state index contributed by atoms with van der Waals surface area (Å²) < 4.78 is 7.72.